The normalized spacial score (nSPS) is 15.2. The predicted molar refractivity (Wildman–Crippen MR) is 131 cm³/mol. The van der Waals surface area contributed by atoms with Gasteiger partial charge in [0.2, 0.25) is 5.91 Å². The van der Waals surface area contributed by atoms with Gasteiger partial charge in [-0.05, 0) is 63.1 Å². The molecule has 1 aliphatic carbocycles. The highest BCUT2D eigenvalue weighted by Crippen LogP contribution is 2.32. The van der Waals surface area contributed by atoms with E-state index in [2.05, 4.69) is 15.2 Å². The number of pyridine rings is 1. The molecule has 2 aromatic heterocycles. The highest BCUT2D eigenvalue weighted by atomic mass is 32.2. The lowest BCUT2D eigenvalue weighted by Crippen LogP contribution is -2.42. The number of hydrogen-bond donors (Lipinski definition) is 0. The Hall–Kier alpha value is -2.87. The van der Waals surface area contributed by atoms with Crippen LogP contribution in [0.15, 0.2) is 53.9 Å². The van der Waals surface area contributed by atoms with Gasteiger partial charge in [-0.25, -0.2) is 0 Å². The number of thioether (sulfide) groups is 1. The first-order valence-corrected chi connectivity index (χ1v) is 12.5. The fourth-order valence-electron chi connectivity index (χ4n) is 4.26. The molecule has 1 fully saturated rings. The van der Waals surface area contributed by atoms with Crippen molar-refractivity contribution in [1.82, 2.24) is 24.6 Å². The Morgan fingerprint density at radius 2 is 1.94 bits per heavy atom. The Bertz CT molecular complexity index is 1050. The van der Waals surface area contributed by atoms with Crippen LogP contribution in [0.25, 0.3) is 17.1 Å². The molecule has 0 N–H and O–H groups in total. The van der Waals surface area contributed by atoms with Crippen molar-refractivity contribution in [2.45, 2.75) is 62.4 Å². The number of aromatic nitrogens is 4. The van der Waals surface area contributed by atoms with Crippen LogP contribution in [0.1, 0.15) is 46.0 Å². The van der Waals surface area contributed by atoms with E-state index in [0.29, 0.717) is 23.6 Å². The van der Waals surface area contributed by atoms with Crippen molar-refractivity contribution in [3.05, 3.63) is 48.8 Å². The number of carbonyl (C=O) groups excluding carboxylic acids is 1. The molecule has 1 aliphatic rings. The summed E-state index contributed by atoms with van der Waals surface area (Å²) < 4.78 is 7.59. The zero-order valence-corrected chi connectivity index (χ0v) is 20.3. The molecule has 0 bridgehead atoms. The van der Waals surface area contributed by atoms with Crippen LogP contribution in [-0.4, -0.2) is 55.5 Å². The first-order chi connectivity index (χ1) is 16.1. The number of nitrogens with zero attached hydrogens (tertiary/aromatic N) is 5. The van der Waals surface area contributed by atoms with E-state index in [1.165, 1.54) is 31.0 Å². The van der Waals surface area contributed by atoms with Crippen LogP contribution in [0.4, 0.5) is 0 Å². The number of hydrogen-bond acceptors (Lipinski definition) is 6. The maximum atomic E-state index is 13.2. The fraction of sp³-hybridized carbons (Fsp3) is 0.440. The van der Waals surface area contributed by atoms with Crippen molar-refractivity contribution >= 4 is 17.7 Å². The molecule has 1 aromatic carbocycles. The van der Waals surface area contributed by atoms with E-state index in [1.807, 2.05) is 66.8 Å². The number of amides is 1. The molecule has 0 saturated heterocycles. The summed E-state index contributed by atoms with van der Waals surface area (Å²) in [5.41, 5.74) is 1.77. The fourth-order valence-corrected chi connectivity index (χ4v) is 5.23. The van der Waals surface area contributed by atoms with Gasteiger partial charge in [-0.2, -0.15) is 0 Å². The van der Waals surface area contributed by atoms with Crippen molar-refractivity contribution in [3.63, 3.8) is 0 Å². The van der Waals surface area contributed by atoms with Gasteiger partial charge in [-0.1, -0.05) is 31.0 Å². The minimum atomic E-state index is -0.274. The van der Waals surface area contributed by atoms with Crippen LogP contribution in [0.3, 0.4) is 0 Å². The molecule has 3 aromatic rings. The SMILES string of the molecule is CCOc1ccc(-n2c(S[C@@H](C)C(=O)N(C)C3CCCCC3)nnc2-c2cccnc2)cc1. The third-order valence-corrected chi connectivity index (χ3v) is 7.09. The summed E-state index contributed by atoms with van der Waals surface area (Å²) in [4.78, 5) is 19.4. The molecule has 0 radical (unpaired) electrons. The van der Waals surface area contributed by atoms with Crippen LogP contribution in [0.5, 0.6) is 5.75 Å². The van der Waals surface area contributed by atoms with Gasteiger partial charge in [0, 0.05) is 36.7 Å². The van der Waals surface area contributed by atoms with Crippen molar-refractivity contribution in [2.75, 3.05) is 13.7 Å². The number of ether oxygens (including phenoxy) is 1. The van der Waals surface area contributed by atoms with Gasteiger partial charge in [0.1, 0.15) is 5.75 Å². The Balaban J connectivity index is 1.62. The molecule has 33 heavy (non-hydrogen) atoms. The molecule has 0 spiro atoms. The third kappa shape index (κ3) is 5.38. The van der Waals surface area contributed by atoms with Crippen LogP contribution in [0.2, 0.25) is 0 Å². The summed E-state index contributed by atoms with van der Waals surface area (Å²) >= 11 is 1.44. The molecule has 1 saturated carbocycles. The Morgan fingerprint density at radius 1 is 1.18 bits per heavy atom. The maximum absolute atomic E-state index is 13.2. The predicted octanol–water partition coefficient (Wildman–Crippen LogP) is 5.00. The summed E-state index contributed by atoms with van der Waals surface area (Å²) in [6, 6.07) is 12.0. The van der Waals surface area contributed by atoms with Gasteiger partial charge in [0.25, 0.3) is 0 Å². The highest BCUT2D eigenvalue weighted by molar-refractivity contribution is 8.00. The third-order valence-electron chi connectivity index (χ3n) is 6.06. The maximum Gasteiger partial charge on any atom is 0.235 e. The van der Waals surface area contributed by atoms with Gasteiger partial charge in [-0.15, -0.1) is 10.2 Å². The van der Waals surface area contributed by atoms with Crippen LogP contribution in [0, 0.1) is 0 Å². The van der Waals surface area contributed by atoms with E-state index in [4.69, 9.17) is 4.74 Å². The zero-order valence-electron chi connectivity index (χ0n) is 19.5. The summed E-state index contributed by atoms with van der Waals surface area (Å²) in [7, 11) is 1.94. The van der Waals surface area contributed by atoms with Crippen molar-refractivity contribution in [2.24, 2.45) is 0 Å². The molecule has 4 rings (SSSR count). The van der Waals surface area contributed by atoms with Crippen LogP contribution >= 0.6 is 11.8 Å². The Morgan fingerprint density at radius 3 is 2.61 bits per heavy atom. The van der Waals surface area contributed by atoms with E-state index < -0.39 is 0 Å². The van der Waals surface area contributed by atoms with E-state index in [9.17, 15) is 4.79 Å². The van der Waals surface area contributed by atoms with Crippen molar-refractivity contribution < 1.29 is 9.53 Å². The van der Waals surface area contributed by atoms with E-state index in [1.54, 1.807) is 12.4 Å². The van der Waals surface area contributed by atoms with Gasteiger partial charge in [0.05, 0.1) is 11.9 Å². The molecule has 0 unspecified atom stereocenters. The Labute approximate surface area is 199 Å². The first kappa shape index (κ1) is 23.3. The second-order valence-corrected chi connectivity index (χ2v) is 9.62. The largest absolute Gasteiger partial charge is 0.494 e. The minimum Gasteiger partial charge on any atom is -0.494 e. The summed E-state index contributed by atoms with van der Waals surface area (Å²) in [6.45, 7) is 4.53. The number of benzene rings is 1. The average Bonchev–Trinajstić information content (AvgIpc) is 3.28. The lowest BCUT2D eigenvalue weighted by atomic mass is 9.94. The monoisotopic (exact) mass is 465 g/mol. The summed E-state index contributed by atoms with van der Waals surface area (Å²) in [5, 5.41) is 9.34. The quantitative estimate of drug-likeness (QED) is 0.436. The minimum absolute atomic E-state index is 0.135. The van der Waals surface area contributed by atoms with Gasteiger partial charge in [0.15, 0.2) is 11.0 Å². The highest BCUT2D eigenvalue weighted by Gasteiger charge is 2.28. The van der Waals surface area contributed by atoms with Crippen LogP contribution < -0.4 is 4.74 Å². The molecule has 1 atom stereocenters. The molecular weight excluding hydrogens is 434 g/mol. The lowest BCUT2D eigenvalue weighted by Gasteiger charge is -2.32. The topological polar surface area (TPSA) is 73.1 Å². The number of carbonyl (C=O) groups is 1. The molecule has 1 amide bonds. The zero-order chi connectivity index (χ0) is 23.2. The van der Waals surface area contributed by atoms with E-state index in [0.717, 1.165) is 29.8 Å². The molecule has 0 aliphatic heterocycles. The lowest BCUT2D eigenvalue weighted by molar-refractivity contribution is -0.131. The van der Waals surface area contributed by atoms with Crippen LogP contribution in [-0.2, 0) is 4.79 Å². The molecular formula is C25H31N5O2S. The molecule has 8 heteroatoms. The smallest absolute Gasteiger partial charge is 0.235 e. The molecule has 2 heterocycles. The van der Waals surface area contributed by atoms with Gasteiger partial charge in [-0.3, -0.25) is 14.3 Å². The second kappa shape index (κ2) is 10.8. The molecule has 7 nitrogen and oxygen atoms in total. The van der Waals surface area contributed by atoms with Crippen molar-refractivity contribution in [3.8, 4) is 22.8 Å². The summed E-state index contributed by atoms with van der Waals surface area (Å²) in [6.07, 6.45) is 9.35. The van der Waals surface area contributed by atoms with Gasteiger partial charge >= 0.3 is 0 Å². The average molecular weight is 466 g/mol. The van der Waals surface area contributed by atoms with E-state index in [-0.39, 0.29) is 11.2 Å². The van der Waals surface area contributed by atoms with E-state index >= 15 is 0 Å². The number of rotatable bonds is 8. The molecule has 174 valence electrons. The van der Waals surface area contributed by atoms with Gasteiger partial charge < -0.3 is 9.64 Å². The first-order valence-electron chi connectivity index (χ1n) is 11.6. The van der Waals surface area contributed by atoms with Crippen molar-refractivity contribution in [1.29, 1.82) is 0 Å². The second-order valence-electron chi connectivity index (χ2n) is 8.31. The standard InChI is InChI=1S/C25H31N5O2S/c1-4-32-22-14-12-21(13-15-22)30-23(19-9-8-16-26-17-19)27-28-25(30)33-18(2)24(31)29(3)20-10-6-5-7-11-20/h8-9,12-18,20H,4-7,10-11H2,1-3H3/t18-/m0/s1. The summed E-state index contributed by atoms with van der Waals surface area (Å²) in [5.74, 6) is 1.63. The Kier molecular flexibility index (Phi) is 7.65.